The molecule has 2 unspecified atom stereocenters. The van der Waals surface area contributed by atoms with Crippen molar-refractivity contribution < 1.29 is 50.8 Å². The summed E-state index contributed by atoms with van der Waals surface area (Å²) in [4.78, 5) is 12.5. The Labute approximate surface area is 168 Å². The van der Waals surface area contributed by atoms with Crippen molar-refractivity contribution in [3.63, 3.8) is 0 Å². The monoisotopic (exact) mass is 442 g/mol. The maximum Gasteiger partial charge on any atom is 0.318 e. The lowest BCUT2D eigenvalue weighted by molar-refractivity contribution is -0.150. The first kappa shape index (κ1) is 19.3. The van der Waals surface area contributed by atoms with Gasteiger partial charge >= 0.3 is 5.97 Å². The van der Waals surface area contributed by atoms with Crippen molar-refractivity contribution in [3.8, 4) is 23.0 Å². The molecule has 1 aliphatic carbocycles. The molecule has 0 aromatic heterocycles. The third-order valence-corrected chi connectivity index (χ3v) is 5.45. The molecule has 2 aromatic rings. The number of phenolic OH excluding ortho intramolecular Hbond substituents is 2. The normalized spacial score (nSPS) is 23.4. The minimum Gasteiger partial charge on any atom is -0.505 e. The highest BCUT2D eigenvalue weighted by Crippen LogP contribution is 2.62. The highest BCUT2D eigenvalue weighted by atomic mass is 19.2. The summed E-state index contributed by atoms with van der Waals surface area (Å²) in [6.45, 7) is 0. The summed E-state index contributed by atoms with van der Waals surface area (Å²) >= 11 is 0. The summed E-state index contributed by atoms with van der Waals surface area (Å²) in [7, 11) is 0. The summed E-state index contributed by atoms with van der Waals surface area (Å²) in [5.74, 6) is -15.6. The third kappa shape index (κ3) is 2.25. The number of allylic oxidation sites excluding steroid dienone is 3. The maximum atomic E-state index is 15.0. The second-order valence-electron chi connectivity index (χ2n) is 7.07. The molecule has 0 radical (unpaired) electrons. The van der Waals surface area contributed by atoms with E-state index in [4.69, 9.17) is 9.47 Å². The van der Waals surface area contributed by atoms with Crippen molar-refractivity contribution >= 4 is 5.97 Å². The molecule has 0 amide bonds. The van der Waals surface area contributed by atoms with Crippen LogP contribution in [0.5, 0.6) is 23.0 Å². The minimum atomic E-state index is -2.96. The van der Waals surface area contributed by atoms with Crippen LogP contribution >= 0.6 is 0 Å². The number of esters is 1. The zero-order valence-electron chi connectivity index (χ0n) is 14.9. The summed E-state index contributed by atoms with van der Waals surface area (Å²) in [5.41, 5.74) is -4.81. The number of ether oxygens (including phenoxy) is 2. The fourth-order valence-corrected chi connectivity index (χ4v) is 4.12. The SMILES string of the molecule is O=C1OC2(C3=C(F)C(F)=C(F)C(F)C13)c1cc(F)c(O)cc1Oc1cc(O)c(F)cc12. The van der Waals surface area contributed by atoms with Gasteiger partial charge in [-0.15, -0.1) is 0 Å². The van der Waals surface area contributed by atoms with E-state index >= 15 is 0 Å². The first-order valence-corrected chi connectivity index (χ1v) is 8.64. The number of hydrogen-bond donors (Lipinski definition) is 2. The Balaban J connectivity index is 1.95. The predicted octanol–water partition coefficient (Wildman–Crippen LogP) is 4.62. The number of phenols is 2. The highest BCUT2D eigenvalue weighted by molar-refractivity contribution is 5.87. The van der Waals surface area contributed by atoms with E-state index in [1.54, 1.807) is 0 Å². The van der Waals surface area contributed by atoms with Gasteiger partial charge in [0.15, 0.2) is 52.4 Å². The van der Waals surface area contributed by atoms with Crippen molar-refractivity contribution in [3.05, 3.63) is 70.1 Å². The molecule has 2 aromatic carbocycles. The van der Waals surface area contributed by atoms with Crippen molar-refractivity contribution in [2.45, 2.75) is 11.8 Å². The number of aromatic hydroxyl groups is 2. The Morgan fingerprint density at radius 3 is 1.87 bits per heavy atom. The van der Waals surface area contributed by atoms with Crippen LogP contribution in [-0.4, -0.2) is 22.4 Å². The van der Waals surface area contributed by atoms with Gasteiger partial charge in [-0.1, -0.05) is 0 Å². The number of rotatable bonds is 0. The summed E-state index contributed by atoms with van der Waals surface area (Å²) < 4.78 is 96.6. The molecule has 0 bridgehead atoms. The van der Waals surface area contributed by atoms with Crippen molar-refractivity contribution in [1.82, 2.24) is 0 Å². The molecule has 5 rings (SSSR count). The second kappa shape index (κ2) is 5.96. The van der Waals surface area contributed by atoms with E-state index in [-0.39, 0.29) is 0 Å². The van der Waals surface area contributed by atoms with E-state index in [0.717, 1.165) is 0 Å². The fourth-order valence-electron chi connectivity index (χ4n) is 4.12. The van der Waals surface area contributed by atoms with E-state index in [9.17, 15) is 41.4 Å². The molecule has 1 fully saturated rings. The van der Waals surface area contributed by atoms with Crippen molar-refractivity contribution in [1.29, 1.82) is 0 Å². The molecule has 11 heteroatoms. The number of alkyl halides is 1. The lowest BCUT2D eigenvalue weighted by Crippen LogP contribution is -2.36. The molecule has 31 heavy (non-hydrogen) atoms. The molecule has 2 N–H and O–H groups in total. The van der Waals surface area contributed by atoms with Crippen LogP contribution in [0.25, 0.3) is 0 Å². The van der Waals surface area contributed by atoms with Gasteiger partial charge in [-0.3, -0.25) is 4.79 Å². The van der Waals surface area contributed by atoms with Gasteiger partial charge in [-0.25, -0.2) is 26.3 Å². The van der Waals surface area contributed by atoms with E-state index in [2.05, 4.69) is 0 Å². The molecule has 160 valence electrons. The quantitative estimate of drug-likeness (QED) is 0.460. The topological polar surface area (TPSA) is 76.0 Å². The molecular weight excluding hydrogens is 434 g/mol. The zero-order valence-corrected chi connectivity index (χ0v) is 14.9. The van der Waals surface area contributed by atoms with Crippen LogP contribution in [-0.2, 0) is 15.1 Å². The van der Waals surface area contributed by atoms with Crippen LogP contribution in [0, 0.1) is 17.6 Å². The van der Waals surface area contributed by atoms with Gasteiger partial charge in [0.1, 0.15) is 17.4 Å². The van der Waals surface area contributed by atoms with Gasteiger partial charge in [-0.05, 0) is 12.1 Å². The van der Waals surface area contributed by atoms with E-state index in [1.807, 2.05) is 0 Å². The summed E-state index contributed by atoms with van der Waals surface area (Å²) in [6, 6.07) is 2.51. The van der Waals surface area contributed by atoms with Gasteiger partial charge in [0.25, 0.3) is 0 Å². The average molecular weight is 442 g/mol. The maximum absolute atomic E-state index is 15.0. The largest absolute Gasteiger partial charge is 0.505 e. The summed E-state index contributed by atoms with van der Waals surface area (Å²) in [5, 5.41) is 19.3. The Hall–Kier alpha value is -3.63. The van der Waals surface area contributed by atoms with Gasteiger partial charge in [0.05, 0.1) is 11.1 Å². The average Bonchev–Trinajstić information content (AvgIpc) is 3.02. The predicted molar refractivity (Wildman–Crippen MR) is 88.8 cm³/mol. The Bertz CT molecular complexity index is 1210. The Kier molecular flexibility index (Phi) is 3.72. The Morgan fingerprint density at radius 1 is 0.839 bits per heavy atom. The van der Waals surface area contributed by atoms with E-state index < -0.39 is 92.5 Å². The lowest BCUT2D eigenvalue weighted by Gasteiger charge is -2.37. The molecular formula is C20H8F6O5. The third-order valence-electron chi connectivity index (χ3n) is 5.45. The first-order chi connectivity index (χ1) is 14.6. The second-order valence-corrected chi connectivity index (χ2v) is 7.07. The molecule has 1 spiro atoms. The van der Waals surface area contributed by atoms with E-state index in [1.165, 1.54) is 0 Å². The number of fused-ring (bicyclic) bond motifs is 6. The lowest BCUT2D eigenvalue weighted by atomic mass is 9.72. The minimum absolute atomic E-state index is 0.447. The van der Waals surface area contributed by atoms with Crippen LogP contribution in [0.1, 0.15) is 11.1 Å². The van der Waals surface area contributed by atoms with Crippen molar-refractivity contribution in [2.24, 2.45) is 5.92 Å². The van der Waals surface area contributed by atoms with E-state index in [0.29, 0.717) is 24.3 Å². The molecule has 1 saturated heterocycles. The molecule has 0 saturated carbocycles. The first-order valence-electron chi connectivity index (χ1n) is 8.64. The van der Waals surface area contributed by atoms with Crippen LogP contribution < -0.4 is 4.74 Å². The smallest absolute Gasteiger partial charge is 0.318 e. The van der Waals surface area contributed by atoms with Gasteiger partial charge in [-0.2, -0.15) is 0 Å². The molecule has 3 aliphatic rings. The number of benzene rings is 2. The number of carbonyl (C=O) groups is 1. The van der Waals surface area contributed by atoms with Gasteiger partial charge in [0, 0.05) is 17.7 Å². The fraction of sp³-hybridized carbons (Fsp3) is 0.150. The number of hydrogen-bond acceptors (Lipinski definition) is 5. The zero-order chi connectivity index (χ0) is 22.4. The molecule has 2 heterocycles. The molecule has 5 nitrogen and oxygen atoms in total. The van der Waals surface area contributed by atoms with Crippen LogP contribution in [0.15, 0.2) is 47.3 Å². The molecule has 2 aliphatic heterocycles. The standard InChI is InChI=1S/C20H8F6O5/c21-7-1-5-11(3-9(7)27)30-12-4-10(28)8(22)2-6(12)20(5)14-13(19(29)31-20)15(23)17(25)18(26)16(14)24/h1-4,13,15,27-28H. The number of carbonyl (C=O) groups excluding carboxylic acids is 1. The number of halogens is 6. The van der Waals surface area contributed by atoms with Crippen LogP contribution in [0.3, 0.4) is 0 Å². The van der Waals surface area contributed by atoms with Crippen LogP contribution in [0.2, 0.25) is 0 Å². The Morgan fingerprint density at radius 2 is 1.35 bits per heavy atom. The molecule has 2 atom stereocenters. The van der Waals surface area contributed by atoms with Gasteiger partial charge < -0.3 is 19.7 Å². The van der Waals surface area contributed by atoms with Crippen LogP contribution in [0.4, 0.5) is 26.3 Å². The summed E-state index contributed by atoms with van der Waals surface area (Å²) in [6.07, 6.45) is -2.96. The van der Waals surface area contributed by atoms with Crippen molar-refractivity contribution in [2.75, 3.05) is 0 Å². The highest BCUT2D eigenvalue weighted by Gasteiger charge is 2.64. The van der Waals surface area contributed by atoms with Gasteiger partial charge in [0.2, 0.25) is 0 Å².